The van der Waals surface area contributed by atoms with Crippen LogP contribution in [0.1, 0.15) is 24.4 Å². The van der Waals surface area contributed by atoms with E-state index in [-0.39, 0.29) is 24.3 Å². The van der Waals surface area contributed by atoms with E-state index in [1.54, 1.807) is 6.07 Å². The van der Waals surface area contributed by atoms with Crippen LogP contribution in [0.2, 0.25) is 0 Å². The summed E-state index contributed by atoms with van der Waals surface area (Å²) in [6, 6.07) is 2.49. The minimum atomic E-state index is -0.382. The Morgan fingerprint density at radius 2 is 1.78 bits per heavy atom. The number of hydrogen-bond acceptors (Lipinski definition) is 4. The van der Waals surface area contributed by atoms with Crippen LogP contribution in [-0.4, -0.2) is 20.8 Å². The molecule has 0 aliphatic rings. The average molecular weight is 279 g/mol. The maximum atomic E-state index is 13.8. The van der Waals surface area contributed by atoms with Gasteiger partial charge in [-0.3, -0.25) is 0 Å². The Balaban J connectivity index is 0.00000289. The molecule has 0 unspecified atom stereocenters. The molecule has 4 N–H and O–H groups in total. The van der Waals surface area contributed by atoms with Crippen LogP contribution in [0, 0.1) is 5.82 Å². The molecule has 1 aromatic rings. The third kappa shape index (κ3) is 4.01. The summed E-state index contributed by atoms with van der Waals surface area (Å²) in [5.74, 6) is 0.457. The van der Waals surface area contributed by atoms with Gasteiger partial charge >= 0.3 is 0 Å². The molecule has 1 rings (SSSR count). The summed E-state index contributed by atoms with van der Waals surface area (Å²) < 4.78 is 23.9. The van der Waals surface area contributed by atoms with Crippen molar-refractivity contribution in [2.45, 2.75) is 18.9 Å². The van der Waals surface area contributed by atoms with Crippen LogP contribution >= 0.6 is 12.4 Å². The van der Waals surface area contributed by atoms with Gasteiger partial charge in [-0.15, -0.1) is 12.4 Å². The van der Waals surface area contributed by atoms with Gasteiger partial charge in [-0.2, -0.15) is 0 Å². The van der Waals surface area contributed by atoms with E-state index in [0.717, 1.165) is 6.42 Å². The van der Waals surface area contributed by atoms with E-state index in [2.05, 4.69) is 0 Å². The van der Waals surface area contributed by atoms with E-state index in [1.165, 1.54) is 20.3 Å². The molecule has 0 saturated carbocycles. The van der Waals surface area contributed by atoms with Crippen LogP contribution in [0.5, 0.6) is 11.5 Å². The molecule has 0 radical (unpaired) electrons. The summed E-state index contributed by atoms with van der Waals surface area (Å²) in [7, 11) is 2.97. The summed E-state index contributed by atoms with van der Waals surface area (Å²) in [5, 5.41) is 0. The molecule has 0 aliphatic carbocycles. The zero-order valence-electron chi connectivity index (χ0n) is 10.6. The van der Waals surface area contributed by atoms with E-state index >= 15 is 0 Å². The van der Waals surface area contributed by atoms with Gasteiger partial charge in [0.2, 0.25) is 0 Å². The van der Waals surface area contributed by atoms with Crippen molar-refractivity contribution in [1.29, 1.82) is 0 Å². The summed E-state index contributed by atoms with van der Waals surface area (Å²) in [4.78, 5) is 0. The monoisotopic (exact) mass is 278 g/mol. The summed E-state index contributed by atoms with van der Waals surface area (Å²) in [6.07, 6.45) is 1.40. The van der Waals surface area contributed by atoms with E-state index in [4.69, 9.17) is 20.9 Å². The fourth-order valence-electron chi connectivity index (χ4n) is 1.65. The second kappa shape index (κ2) is 8.13. The molecule has 0 heterocycles. The molecule has 104 valence electrons. The van der Waals surface area contributed by atoms with Crippen molar-refractivity contribution in [3.05, 3.63) is 23.5 Å². The Morgan fingerprint density at radius 3 is 2.28 bits per heavy atom. The molecular formula is C12H20ClFN2O2. The van der Waals surface area contributed by atoms with Crippen molar-refractivity contribution in [1.82, 2.24) is 0 Å². The predicted octanol–water partition coefficient (Wildman–Crippen LogP) is 2.00. The maximum absolute atomic E-state index is 13.8. The first-order valence-corrected chi connectivity index (χ1v) is 5.51. The van der Waals surface area contributed by atoms with Gasteiger partial charge in [0.25, 0.3) is 0 Å². The second-order valence-electron chi connectivity index (χ2n) is 3.77. The molecular weight excluding hydrogens is 259 g/mol. The molecule has 0 amide bonds. The van der Waals surface area contributed by atoms with E-state index < -0.39 is 0 Å². The van der Waals surface area contributed by atoms with Gasteiger partial charge in [0.05, 0.1) is 14.2 Å². The number of hydrogen-bond donors (Lipinski definition) is 2. The van der Waals surface area contributed by atoms with Crippen LogP contribution in [0.4, 0.5) is 4.39 Å². The first-order valence-electron chi connectivity index (χ1n) is 5.51. The third-order valence-corrected chi connectivity index (χ3v) is 2.62. The van der Waals surface area contributed by atoms with E-state index in [1.807, 2.05) is 0 Å². The number of nitrogens with two attached hydrogens (primary N) is 2. The Bertz CT molecular complexity index is 377. The Kier molecular flexibility index (Phi) is 7.66. The Morgan fingerprint density at radius 1 is 1.22 bits per heavy atom. The van der Waals surface area contributed by atoms with E-state index in [0.29, 0.717) is 30.0 Å². The lowest BCUT2D eigenvalue weighted by Gasteiger charge is -2.15. The van der Waals surface area contributed by atoms with Crippen molar-refractivity contribution < 1.29 is 13.9 Å². The number of rotatable bonds is 6. The molecule has 1 aromatic carbocycles. The highest BCUT2D eigenvalue weighted by Gasteiger charge is 2.16. The van der Waals surface area contributed by atoms with Crippen LogP contribution in [0.25, 0.3) is 0 Å². The zero-order valence-corrected chi connectivity index (χ0v) is 11.4. The predicted molar refractivity (Wildman–Crippen MR) is 72.0 cm³/mol. The third-order valence-electron chi connectivity index (χ3n) is 2.62. The first kappa shape index (κ1) is 17.0. The van der Waals surface area contributed by atoms with Crippen molar-refractivity contribution in [3.8, 4) is 11.5 Å². The Labute approximate surface area is 113 Å². The molecule has 0 fully saturated rings. The fourth-order valence-corrected chi connectivity index (χ4v) is 1.65. The summed E-state index contributed by atoms with van der Waals surface area (Å²) in [5.41, 5.74) is 11.7. The number of benzene rings is 1. The van der Waals surface area contributed by atoms with Gasteiger partial charge in [-0.1, -0.05) is 0 Å². The zero-order chi connectivity index (χ0) is 12.8. The molecule has 0 saturated heterocycles. The fraction of sp³-hybridized carbons (Fsp3) is 0.500. The first-order chi connectivity index (χ1) is 8.13. The summed E-state index contributed by atoms with van der Waals surface area (Å²) in [6.45, 7) is 0.544. The quantitative estimate of drug-likeness (QED) is 0.835. The minimum absolute atomic E-state index is 0. The van der Waals surface area contributed by atoms with Gasteiger partial charge in [0.15, 0.2) is 11.5 Å². The van der Waals surface area contributed by atoms with Crippen LogP contribution in [0.3, 0.4) is 0 Å². The number of halogens is 2. The van der Waals surface area contributed by atoms with E-state index in [9.17, 15) is 4.39 Å². The molecule has 4 nitrogen and oxygen atoms in total. The standard InChI is InChI=1S/C12H19FN2O2.ClH/c1-16-11-6-8(10(15)4-3-5-14)9(13)7-12(11)17-2;/h6-7,10H,3-5,14-15H2,1-2H3;1H/t10-;/m1./s1. The van der Waals surface area contributed by atoms with Crippen molar-refractivity contribution in [2.75, 3.05) is 20.8 Å². The van der Waals surface area contributed by atoms with Gasteiger partial charge in [-0.05, 0) is 25.5 Å². The molecule has 0 aromatic heterocycles. The highest BCUT2D eigenvalue weighted by molar-refractivity contribution is 5.85. The highest BCUT2D eigenvalue weighted by atomic mass is 35.5. The second-order valence-corrected chi connectivity index (χ2v) is 3.77. The lowest BCUT2D eigenvalue weighted by molar-refractivity contribution is 0.350. The molecule has 6 heteroatoms. The molecule has 0 aliphatic heterocycles. The molecule has 18 heavy (non-hydrogen) atoms. The largest absolute Gasteiger partial charge is 0.493 e. The highest BCUT2D eigenvalue weighted by Crippen LogP contribution is 2.32. The van der Waals surface area contributed by atoms with Gasteiger partial charge in [0.1, 0.15) is 5.82 Å². The minimum Gasteiger partial charge on any atom is -0.493 e. The van der Waals surface area contributed by atoms with Crippen LogP contribution in [0.15, 0.2) is 12.1 Å². The number of methoxy groups -OCH3 is 2. The SMILES string of the molecule is COc1cc(F)c([C@H](N)CCCN)cc1OC.Cl. The lowest BCUT2D eigenvalue weighted by Crippen LogP contribution is -2.14. The van der Waals surface area contributed by atoms with Gasteiger partial charge in [-0.25, -0.2) is 4.39 Å². The van der Waals surface area contributed by atoms with Gasteiger partial charge in [0, 0.05) is 17.7 Å². The van der Waals surface area contributed by atoms with Crippen molar-refractivity contribution >= 4 is 12.4 Å². The van der Waals surface area contributed by atoms with Crippen molar-refractivity contribution in [2.24, 2.45) is 11.5 Å². The summed E-state index contributed by atoms with van der Waals surface area (Å²) >= 11 is 0. The molecule has 1 atom stereocenters. The Hall–Kier alpha value is -1.04. The molecule has 0 spiro atoms. The van der Waals surface area contributed by atoms with Gasteiger partial charge < -0.3 is 20.9 Å². The molecule has 0 bridgehead atoms. The lowest BCUT2D eigenvalue weighted by atomic mass is 10.0. The van der Waals surface area contributed by atoms with Crippen LogP contribution in [-0.2, 0) is 0 Å². The average Bonchev–Trinajstić information content (AvgIpc) is 2.35. The number of ether oxygens (including phenoxy) is 2. The maximum Gasteiger partial charge on any atom is 0.163 e. The van der Waals surface area contributed by atoms with Crippen molar-refractivity contribution in [3.63, 3.8) is 0 Å². The smallest absolute Gasteiger partial charge is 0.163 e. The van der Waals surface area contributed by atoms with Crippen LogP contribution < -0.4 is 20.9 Å². The normalized spacial score (nSPS) is 11.6. The topological polar surface area (TPSA) is 70.5 Å².